The maximum absolute atomic E-state index is 9.92. The highest BCUT2D eigenvalue weighted by Crippen LogP contribution is 2.26. The largest absolute Gasteiger partial charge is 0.389 e. The molecule has 0 saturated carbocycles. The molecule has 0 bridgehead atoms. The Kier molecular flexibility index (Phi) is 5.26. The first-order valence-corrected chi connectivity index (χ1v) is 6.52. The maximum Gasteiger partial charge on any atom is 0.0741 e. The number of rotatable bonds is 5. The molecule has 0 aliphatic heterocycles. The van der Waals surface area contributed by atoms with Gasteiger partial charge in [0.2, 0.25) is 0 Å². The minimum atomic E-state index is -0.695. The van der Waals surface area contributed by atoms with Gasteiger partial charge in [-0.15, -0.1) is 0 Å². The SMILES string of the molecule is CCC(C)(O)CNC(C)c1cc(Cl)ccc1Cl. The minimum Gasteiger partial charge on any atom is -0.389 e. The van der Waals surface area contributed by atoms with Crippen LogP contribution in [-0.2, 0) is 0 Å². The van der Waals surface area contributed by atoms with Crippen LogP contribution in [0.25, 0.3) is 0 Å². The summed E-state index contributed by atoms with van der Waals surface area (Å²) < 4.78 is 0. The van der Waals surface area contributed by atoms with Crippen molar-refractivity contribution in [1.82, 2.24) is 5.32 Å². The lowest BCUT2D eigenvalue weighted by Gasteiger charge is -2.25. The summed E-state index contributed by atoms with van der Waals surface area (Å²) in [6.45, 7) is 6.29. The summed E-state index contributed by atoms with van der Waals surface area (Å²) in [7, 11) is 0. The van der Waals surface area contributed by atoms with Crippen LogP contribution in [0.1, 0.15) is 38.8 Å². The van der Waals surface area contributed by atoms with Crippen molar-refractivity contribution in [2.45, 2.75) is 38.8 Å². The highest BCUT2D eigenvalue weighted by molar-refractivity contribution is 6.33. The lowest BCUT2D eigenvalue weighted by atomic mass is 10.0. The molecule has 0 saturated heterocycles. The van der Waals surface area contributed by atoms with E-state index in [9.17, 15) is 5.11 Å². The molecular weight excluding hydrogens is 257 g/mol. The summed E-state index contributed by atoms with van der Waals surface area (Å²) in [5.74, 6) is 0. The van der Waals surface area contributed by atoms with Gasteiger partial charge >= 0.3 is 0 Å². The normalized spacial score (nSPS) is 16.6. The molecule has 17 heavy (non-hydrogen) atoms. The number of nitrogens with one attached hydrogen (secondary N) is 1. The van der Waals surface area contributed by atoms with Crippen LogP contribution < -0.4 is 5.32 Å². The zero-order valence-electron chi connectivity index (χ0n) is 10.4. The molecule has 2 unspecified atom stereocenters. The van der Waals surface area contributed by atoms with Crippen LogP contribution >= 0.6 is 23.2 Å². The van der Waals surface area contributed by atoms with E-state index in [0.29, 0.717) is 23.0 Å². The van der Waals surface area contributed by atoms with Gasteiger partial charge in [0.05, 0.1) is 5.60 Å². The molecule has 0 radical (unpaired) electrons. The van der Waals surface area contributed by atoms with E-state index in [0.717, 1.165) is 5.56 Å². The fourth-order valence-electron chi connectivity index (χ4n) is 1.45. The van der Waals surface area contributed by atoms with Gasteiger partial charge in [0.15, 0.2) is 0 Å². The van der Waals surface area contributed by atoms with Crippen molar-refractivity contribution in [3.05, 3.63) is 33.8 Å². The van der Waals surface area contributed by atoms with Gasteiger partial charge in [0.1, 0.15) is 0 Å². The molecule has 96 valence electrons. The Hall–Kier alpha value is -0.280. The highest BCUT2D eigenvalue weighted by atomic mass is 35.5. The van der Waals surface area contributed by atoms with Gasteiger partial charge in [-0.25, -0.2) is 0 Å². The van der Waals surface area contributed by atoms with Gasteiger partial charge in [0.25, 0.3) is 0 Å². The molecule has 0 heterocycles. The van der Waals surface area contributed by atoms with Crippen molar-refractivity contribution < 1.29 is 5.11 Å². The second-order valence-electron chi connectivity index (χ2n) is 4.62. The zero-order chi connectivity index (χ0) is 13.1. The monoisotopic (exact) mass is 275 g/mol. The molecule has 0 aromatic heterocycles. The third-order valence-electron chi connectivity index (χ3n) is 2.98. The van der Waals surface area contributed by atoms with E-state index in [-0.39, 0.29) is 6.04 Å². The summed E-state index contributed by atoms with van der Waals surface area (Å²) >= 11 is 12.1. The van der Waals surface area contributed by atoms with Crippen molar-refractivity contribution in [2.24, 2.45) is 0 Å². The van der Waals surface area contributed by atoms with Crippen molar-refractivity contribution in [3.8, 4) is 0 Å². The molecule has 1 aromatic rings. The predicted molar refractivity (Wildman–Crippen MR) is 73.8 cm³/mol. The van der Waals surface area contributed by atoms with Gasteiger partial charge in [-0.2, -0.15) is 0 Å². The van der Waals surface area contributed by atoms with Gasteiger partial charge in [-0.05, 0) is 44.0 Å². The fraction of sp³-hybridized carbons (Fsp3) is 0.538. The first kappa shape index (κ1) is 14.8. The minimum absolute atomic E-state index is 0.0548. The number of aliphatic hydroxyl groups is 1. The zero-order valence-corrected chi connectivity index (χ0v) is 11.9. The lowest BCUT2D eigenvalue weighted by molar-refractivity contribution is 0.0533. The van der Waals surface area contributed by atoms with E-state index in [2.05, 4.69) is 5.32 Å². The van der Waals surface area contributed by atoms with Gasteiger partial charge in [-0.3, -0.25) is 0 Å². The van der Waals surface area contributed by atoms with Crippen molar-refractivity contribution in [3.63, 3.8) is 0 Å². The first-order valence-electron chi connectivity index (χ1n) is 5.76. The average Bonchev–Trinajstić information content (AvgIpc) is 2.29. The lowest BCUT2D eigenvalue weighted by Crippen LogP contribution is -2.38. The molecule has 1 rings (SSSR count). The van der Waals surface area contributed by atoms with Gasteiger partial charge in [-0.1, -0.05) is 30.1 Å². The summed E-state index contributed by atoms with van der Waals surface area (Å²) in [6.07, 6.45) is 0.704. The van der Waals surface area contributed by atoms with Crippen molar-refractivity contribution in [1.29, 1.82) is 0 Å². The second-order valence-corrected chi connectivity index (χ2v) is 5.46. The van der Waals surface area contributed by atoms with Crippen LogP contribution in [0.2, 0.25) is 10.0 Å². The summed E-state index contributed by atoms with van der Waals surface area (Å²) in [5.41, 5.74) is 0.255. The number of hydrogen-bond acceptors (Lipinski definition) is 2. The van der Waals surface area contributed by atoms with Crippen LogP contribution in [0.4, 0.5) is 0 Å². The Morgan fingerprint density at radius 2 is 2.06 bits per heavy atom. The van der Waals surface area contributed by atoms with E-state index in [1.165, 1.54) is 0 Å². The molecule has 0 spiro atoms. The molecule has 1 aromatic carbocycles. The Morgan fingerprint density at radius 1 is 1.41 bits per heavy atom. The molecular formula is C13H19Cl2NO. The second kappa shape index (κ2) is 6.05. The smallest absolute Gasteiger partial charge is 0.0741 e. The highest BCUT2D eigenvalue weighted by Gasteiger charge is 2.19. The number of benzene rings is 1. The molecule has 0 amide bonds. The molecule has 0 aliphatic rings. The topological polar surface area (TPSA) is 32.3 Å². The van der Waals surface area contributed by atoms with E-state index in [4.69, 9.17) is 23.2 Å². The molecule has 0 aliphatic carbocycles. The third-order valence-corrected chi connectivity index (χ3v) is 3.55. The van der Waals surface area contributed by atoms with E-state index in [1.807, 2.05) is 26.8 Å². The van der Waals surface area contributed by atoms with Crippen molar-refractivity contribution in [2.75, 3.05) is 6.54 Å². The average molecular weight is 276 g/mol. The number of hydrogen-bond donors (Lipinski definition) is 2. The van der Waals surface area contributed by atoms with Crippen LogP contribution in [-0.4, -0.2) is 17.3 Å². The van der Waals surface area contributed by atoms with Crippen LogP contribution in [0.3, 0.4) is 0 Å². The fourth-order valence-corrected chi connectivity index (χ4v) is 1.92. The molecule has 2 N–H and O–H groups in total. The van der Waals surface area contributed by atoms with Gasteiger partial charge in [0, 0.05) is 22.6 Å². The molecule has 4 heteroatoms. The maximum atomic E-state index is 9.92. The van der Waals surface area contributed by atoms with Crippen LogP contribution in [0, 0.1) is 0 Å². The Labute approximate surface area is 113 Å². The summed E-state index contributed by atoms with van der Waals surface area (Å²) in [4.78, 5) is 0. The third kappa shape index (κ3) is 4.47. The standard InChI is InChI=1S/C13H19Cl2NO/c1-4-13(3,17)8-16-9(2)11-7-10(14)5-6-12(11)15/h5-7,9,16-17H,4,8H2,1-3H3. The predicted octanol–water partition coefficient (Wildman–Crippen LogP) is 3.81. The quantitative estimate of drug-likeness (QED) is 0.857. The first-order chi connectivity index (χ1) is 7.85. The Balaban J connectivity index is 2.70. The Bertz CT molecular complexity index is 380. The van der Waals surface area contributed by atoms with Crippen LogP contribution in [0.15, 0.2) is 18.2 Å². The van der Waals surface area contributed by atoms with Gasteiger partial charge < -0.3 is 10.4 Å². The van der Waals surface area contributed by atoms with E-state index >= 15 is 0 Å². The molecule has 2 atom stereocenters. The van der Waals surface area contributed by atoms with Crippen LogP contribution in [0.5, 0.6) is 0 Å². The van der Waals surface area contributed by atoms with E-state index < -0.39 is 5.60 Å². The van der Waals surface area contributed by atoms with E-state index in [1.54, 1.807) is 12.1 Å². The summed E-state index contributed by atoms with van der Waals surface area (Å²) in [5, 5.41) is 14.5. The Morgan fingerprint density at radius 3 is 2.65 bits per heavy atom. The molecule has 2 nitrogen and oxygen atoms in total. The molecule has 0 fully saturated rings. The summed E-state index contributed by atoms with van der Waals surface area (Å²) in [6, 6.07) is 5.46. The van der Waals surface area contributed by atoms with Crippen molar-refractivity contribution >= 4 is 23.2 Å². The number of halogens is 2.